The van der Waals surface area contributed by atoms with Gasteiger partial charge in [0.25, 0.3) is 0 Å². The fourth-order valence-corrected chi connectivity index (χ4v) is 3.09. The summed E-state index contributed by atoms with van der Waals surface area (Å²) in [5.41, 5.74) is 1.41. The SMILES string of the molecule is COc1ccc(Nc2nccc(Oc3ccc(F)cc3)n2)cc1N1CCCC1=O. The van der Waals surface area contributed by atoms with Gasteiger partial charge in [-0.25, -0.2) is 9.37 Å². The van der Waals surface area contributed by atoms with Crippen molar-refractivity contribution in [2.24, 2.45) is 0 Å². The number of amides is 1. The van der Waals surface area contributed by atoms with Crippen LogP contribution in [0.5, 0.6) is 17.4 Å². The lowest BCUT2D eigenvalue weighted by molar-refractivity contribution is -0.117. The van der Waals surface area contributed by atoms with E-state index in [2.05, 4.69) is 15.3 Å². The summed E-state index contributed by atoms with van der Waals surface area (Å²) in [5.74, 6) is 1.47. The third kappa shape index (κ3) is 4.26. The molecule has 1 N–H and O–H groups in total. The molecule has 2 heterocycles. The van der Waals surface area contributed by atoms with Crippen LogP contribution < -0.4 is 19.7 Å². The molecule has 1 amide bonds. The first-order valence-corrected chi connectivity index (χ1v) is 9.14. The second-order valence-corrected chi connectivity index (χ2v) is 6.44. The van der Waals surface area contributed by atoms with Gasteiger partial charge < -0.3 is 19.7 Å². The average Bonchev–Trinajstić information content (AvgIpc) is 3.16. The second kappa shape index (κ2) is 8.14. The van der Waals surface area contributed by atoms with E-state index in [-0.39, 0.29) is 11.7 Å². The highest BCUT2D eigenvalue weighted by atomic mass is 19.1. The number of rotatable bonds is 6. The number of hydrogen-bond donors (Lipinski definition) is 1. The van der Waals surface area contributed by atoms with Crippen molar-refractivity contribution in [3.05, 3.63) is 60.5 Å². The van der Waals surface area contributed by atoms with E-state index in [1.54, 1.807) is 30.3 Å². The van der Waals surface area contributed by atoms with Crippen molar-refractivity contribution in [1.82, 2.24) is 9.97 Å². The largest absolute Gasteiger partial charge is 0.495 e. The topological polar surface area (TPSA) is 76.6 Å². The number of hydrogen-bond acceptors (Lipinski definition) is 6. The van der Waals surface area contributed by atoms with E-state index >= 15 is 0 Å². The number of halogens is 1. The summed E-state index contributed by atoms with van der Waals surface area (Å²) >= 11 is 0. The van der Waals surface area contributed by atoms with Crippen molar-refractivity contribution >= 4 is 23.2 Å². The molecule has 0 radical (unpaired) electrons. The third-order valence-electron chi connectivity index (χ3n) is 4.47. The van der Waals surface area contributed by atoms with Crippen LogP contribution in [-0.2, 0) is 4.79 Å². The molecule has 1 aromatic heterocycles. The summed E-state index contributed by atoms with van der Waals surface area (Å²) in [6, 6.07) is 12.7. The maximum atomic E-state index is 13.0. The van der Waals surface area contributed by atoms with Gasteiger partial charge in [0.05, 0.1) is 12.8 Å². The van der Waals surface area contributed by atoms with Gasteiger partial charge in [-0.2, -0.15) is 4.98 Å². The number of aromatic nitrogens is 2. The van der Waals surface area contributed by atoms with Crippen LogP contribution in [0.2, 0.25) is 0 Å². The summed E-state index contributed by atoms with van der Waals surface area (Å²) in [4.78, 5) is 22.4. The van der Waals surface area contributed by atoms with Crippen LogP contribution in [-0.4, -0.2) is 29.5 Å². The Bertz CT molecular complexity index is 1030. The number of nitrogens with one attached hydrogen (secondary N) is 1. The highest BCUT2D eigenvalue weighted by Gasteiger charge is 2.24. The third-order valence-corrected chi connectivity index (χ3v) is 4.47. The Morgan fingerprint density at radius 1 is 1.14 bits per heavy atom. The number of anilines is 3. The zero-order valence-corrected chi connectivity index (χ0v) is 15.8. The molecule has 0 bridgehead atoms. The van der Waals surface area contributed by atoms with Gasteiger partial charge in [0.2, 0.25) is 17.7 Å². The lowest BCUT2D eigenvalue weighted by Gasteiger charge is -2.20. The summed E-state index contributed by atoms with van der Waals surface area (Å²) in [6.07, 6.45) is 2.92. The molecule has 29 heavy (non-hydrogen) atoms. The van der Waals surface area contributed by atoms with Gasteiger partial charge >= 0.3 is 0 Å². The lowest BCUT2D eigenvalue weighted by Crippen LogP contribution is -2.24. The number of carbonyl (C=O) groups excluding carboxylic acids is 1. The number of ether oxygens (including phenoxy) is 2. The predicted molar refractivity (Wildman–Crippen MR) is 106 cm³/mol. The highest BCUT2D eigenvalue weighted by Crippen LogP contribution is 2.34. The fraction of sp³-hybridized carbons (Fsp3) is 0.190. The normalized spacial score (nSPS) is 13.4. The van der Waals surface area contributed by atoms with Crippen molar-refractivity contribution in [1.29, 1.82) is 0 Å². The van der Waals surface area contributed by atoms with Gasteiger partial charge in [-0.15, -0.1) is 0 Å². The van der Waals surface area contributed by atoms with Crippen LogP contribution in [0.3, 0.4) is 0 Å². The molecule has 7 nitrogen and oxygen atoms in total. The summed E-state index contributed by atoms with van der Waals surface area (Å²) < 4.78 is 24.1. The Balaban J connectivity index is 1.54. The van der Waals surface area contributed by atoms with Gasteiger partial charge in [-0.05, 0) is 48.9 Å². The first kappa shape index (κ1) is 18.7. The Labute approximate surface area is 167 Å². The molecule has 1 fully saturated rings. The van der Waals surface area contributed by atoms with E-state index in [9.17, 15) is 9.18 Å². The standard InChI is InChI=1S/C21H19FN4O3/c1-28-18-9-6-15(13-17(18)26-12-2-3-20(26)27)24-21-23-11-10-19(25-21)29-16-7-4-14(22)5-8-16/h4-11,13H,2-3,12H2,1H3,(H,23,24,25). The number of methoxy groups -OCH3 is 1. The van der Waals surface area contributed by atoms with E-state index in [4.69, 9.17) is 9.47 Å². The van der Waals surface area contributed by atoms with Gasteiger partial charge in [-0.1, -0.05) is 0 Å². The molecule has 0 unspecified atom stereocenters. The maximum absolute atomic E-state index is 13.0. The van der Waals surface area contributed by atoms with Crippen molar-refractivity contribution in [2.45, 2.75) is 12.8 Å². The molecule has 3 aromatic rings. The zero-order chi connectivity index (χ0) is 20.2. The average molecular weight is 394 g/mol. The van der Waals surface area contributed by atoms with E-state index in [1.165, 1.54) is 24.3 Å². The Morgan fingerprint density at radius 2 is 1.97 bits per heavy atom. The molecule has 0 spiro atoms. The van der Waals surface area contributed by atoms with Crippen LogP contribution in [0.4, 0.5) is 21.7 Å². The van der Waals surface area contributed by atoms with Gasteiger partial charge in [-0.3, -0.25) is 4.79 Å². The fourth-order valence-electron chi connectivity index (χ4n) is 3.09. The Kier molecular flexibility index (Phi) is 5.24. The molecule has 0 aliphatic carbocycles. The van der Waals surface area contributed by atoms with E-state index < -0.39 is 0 Å². The molecule has 1 aliphatic heterocycles. The molecule has 8 heteroatoms. The molecule has 2 aromatic carbocycles. The smallest absolute Gasteiger partial charge is 0.230 e. The minimum atomic E-state index is -0.339. The molecular formula is C21H19FN4O3. The highest BCUT2D eigenvalue weighted by molar-refractivity contribution is 5.97. The number of carbonyl (C=O) groups is 1. The van der Waals surface area contributed by atoms with Gasteiger partial charge in [0, 0.05) is 30.9 Å². The van der Waals surface area contributed by atoms with Crippen LogP contribution in [0.25, 0.3) is 0 Å². The Morgan fingerprint density at radius 3 is 2.69 bits per heavy atom. The van der Waals surface area contributed by atoms with Crippen LogP contribution in [0, 0.1) is 5.82 Å². The van der Waals surface area contributed by atoms with E-state index in [0.29, 0.717) is 47.7 Å². The zero-order valence-electron chi connectivity index (χ0n) is 15.8. The van der Waals surface area contributed by atoms with Crippen molar-refractivity contribution < 1.29 is 18.7 Å². The maximum Gasteiger partial charge on any atom is 0.230 e. The summed E-state index contributed by atoms with van der Waals surface area (Å²) in [7, 11) is 1.58. The monoisotopic (exact) mass is 394 g/mol. The Hall–Kier alpha value is -3.68. The molecule has 1 aliphatic rings. The van der Waals surface area contributed by atoms with E-state index in [1.807, 2.05) is 12.1 Å². The minimum absolute atomic E-state index is 0.0754. The predicted octanol–water partition coefficient (Wildman–Crippen LogP) is 4.29. The quantitative estimate of drug-likeness (QED) is 0.672. The van der Waals surface area contributed by atoms with Crippen molar-refractivity contribution in [3.8, 4) is 17.4 Å². The second-order valence-electron chi connectivity index (χ2n) is 6.44. The molecule has 0 saturated carbocycles. The summed E-state index contributed by atoms with van der Waals surface area (Å²) in [6.45, 7) is 0.663. The first-order valence-electron chi connectivity index (χ1n) is 9.14. The molecule has 4 rings (SSSR count). The lowest BCUT2D eigenvalue weighted by atomic mass is 10.2. The number of benzene rings is 2. The molecule has 1 saturated heterocycles. The molecule has 148 valence electrons. The minimum Gasteiger partial charge on any atom is -0.495 e. The van der Waals surface area contributed by atoms with Crippen LogP contribution in [0.15, 0.2) is 54.7 Å². The molecule has 0 atom stereocenters. The van der Waals surface area contributed by atoms with E-state index in [0.717, 1.165) is 6.42 Å². The van der Waals surface area contributed by atoms with Gasteiger partial charge in [0.15, 0.2) is 0 Å². The van der Waals surface area contributed by atoms with Gasteiger partial charge in [0.1, 0.15) is 17.3 Å². The van der Waals surface area contributed by atoms with Crippen LogP contribution >= 0.6 is 0 Å². The number of nitrogens with zero attached hydrogens (tertiary/aromatic N) is 3. The van der Waals surface area contributed by atoms with Crippen molar-refractivity contribution in [2.75, 3.05) is 23.9 Å². The first-order chi connectivity index (χ1) is 14.1. The summed E-state index contributed by atoms with van der Waals surface area (Å²) in [5, 5.41) is 3.11. The molecular weight excluding hydrogens is 375 g/mol. The van der Waals surface area contributed by atoms with Crippen molar-refractivity contribution in [3.63, 3.8) is 0 Å². The van der Waals surface area contributed by atoms with Crippen LogP contribution in [0.1, 0.15) is 12.8 Å².